The molecular formula is C7H14O6. The summed E-state index contributed by atoms with van der Waals surface area (Å²) in [5, 5.41) is 46.1. The molecule has 0 bridgehead atoms. The monoisotopic (exact) mass is 194 g/mol. The molecule has 1 aliphatic carbocycles. The second-order valence-electron chi connectivity index (χ2n) is 3.15. The van der Waals surface area contributed by atoms with Crippen molar-refractivity contribution in [1.82, 2.24) is 0 Å². The van der Waals surface area contributed by atoms with Gasteiger partial charge in [0.05, 0.1) is 0 Å². The van der Waals surface area contributed by atoms with E-state index in [-0.39, 0.29) is 0 Å². The number of hydrogen-bond acceptors (Lipinski definition) is 6. The third-order valence-corrected chi connectivity index (χ3v) is 2.35. The van der Waals surface area contributed by atoms with Gasteiger partial charge in [0.2, 0.25) is 0 Å². The molecule has 6 nitrogen and oxygen atoms in total. The number of rotatable bonds is 1. The zero-order valence-corrected chi connectivity index (χ0v) is 7.11. The van der Waals surface area contributed by atoms with Gasteiger partial charge in [-0.05, 0) is 0 Å². The molecule has 0 aromatic carbocycles. The van der Waals surface area contributed by atoms with E-state index < -0.39 is 36.6 Å². The van der Waals surface area contributed by atoms with Gasteiger partial charge in [-0.3, -0.25) is 0 Å². The van der Waals surface area contributed by atoms with E-state index in [0.29, 0.717) is 0 Å². The Morgan fingerprint density at radius 3 is 1.31 bits per heavy atom. The van der Waals surface area contributed by atoms with E-state index in [1.54, 1.807) is 0 Å². The van der Waals surface area contributed by atoms with Gasteiger partial charge in [-0.2, -0.15) is 0 Å². The van der Waals surface area contributed by atoms with Crippen LogP contribution in [0.1, 0.15) is 0 Å². The minimum Gasteiger partial charge on any atom is -0.387 e. The normalized spacial score (nSPS) is 52.2. The van der Waals surface area contributed by atoms with Crippen LogP contribution in [0.25, 0.3) is 0 Å². The first kappa shape index (κ1) is 10.8. The summed E-state index contributed by atoms with van der Waals surface area (Å²) in [6.45, 7) is 0. The van der Waals surface area contributed by atoms with Crippen LogP contribution in [0, 0.1) is 0 Å². The summed E-state index contributed by atoms with van der Waals surface area (Å²) >= 11 is 0. The van der Waals surface area contributed by atoms with Crippen LogP contribution >= 0.6 is 0 Å². The molecule has 2 unspecified atom stereocenters. The molecule has 5 N–H and O–H groups in total. The fourth-order valence-electron chi connectivity index (χ4n) is 1.48. The highest BCUT2D eigenvalue weighted by Gasteiger charge is 2.48. The van der Waals surface area contributed by atoms with Crippen LogP contribution in [-0.2, 0) is 4.74 Å². The van der Waals surface area contributed by atoms with Gasteiger partial charge in [0.25, 0.3) is 0 Å². The molecule has 0 saturated heterocycles. The first-order valence-corrected chi connectivity index (χ1v) is 3.93. The van der Waals surface area contributed by atoms with Crippen molar-refractivity contribution in [2.75, 3.05) is 7.11 Å². The highest BCUT2D eigenvalue weighted by molar-refractivity contribution is 4.99. The van der Waals surface area contributed by atoms with Crippen molar-refractivity contribution in [3.05, 3.63) is 0 Å². The van der Waals surface area contributed by atoms with Crippen molar-refractivity contribution in [1.29, 1.82) is 0 Å². The van der Waals surface area contributed by atoms with E-state index in [0.717, 1.165) is 0 Å². The first-order valence-electron chi connectivity index (χ1n) is 3.93. The van der Waals surface area contributed by atoms with Crippen LogP contribution < -0.4 is 0 Å². The Hall–Kier alpha value is -0.240. The summed E-state index contributed by atoms with van der Waals surface area (Å²) in [4.78, 5) is 0. The van der Waals surface area contributed by atoms with Crippen molar-refractivity contribution >= 4 is 0 Å². The second kappa shape index (κ2) is 3.87. The van der Waals surface area contributed by atoms with Gasteiger partial charge in [-0.15, -0.1) is 0 Å². The Balaban J connectivity index is 2.79. The number of methoxy groups -OCH3 is 1. The van der Waals surface area contributed by atoms with Gasteiger partial charge in [0, 0.05) is 7.11 Å². The molecule has 0 aromatic rings. The molecule has 0 aliphatic heterocycles. The largest absolute Gasteiger partial charge is 0.387 e. The second-order valence-corrected chi connectivity index (χ2v) is 3.15. The summed E-state index contributed by atoms with van der Waals surface area (Å²) in [7, 11) is 1.23. The molecule has 0 heterocycles. The Morgan fingerprint density at radius 1 is 0.692 bits per heavy atom. The summed E-state index contributed by atoms with van der Waals surface area (Å²) in [5.74, 6) is 0. The van der Waals surface area contributed by atoms with Crippen molar-refractivity contribution in [3.8, 4) is 0 Å². The number of ether oxygens (including phenoxy) is 1. The van der Waals surface area contributed by atoms with E-state index in [1.165, 1.54) is 7.11 Å². The molecular weight excluding hydrogens is 180 g/mol. The lowest BCUT2D eigenvalue weighted by Gasteiger charge is -2.40. The lowest BCUT2D eigenvalue weighted by Crippen LogP contribution is -2.64. The smallest absolute Gasteiger partial charge is 0.114 e. The van der Waals surface area contributed by atoms with Crippen molar-refractivity contribution in [3.63, 3.8) is 0 Å². The van der Waals surface area contributed by atoms with Crippen LogP contribution in [0.3, 0.4) is 0 Å². The average Bonchev–Trinajstić information content (AvgIpc) is 2.13. The highest BCUT2D eigenvalue weighted by atomic mass is 16.5. The molecule has 6 atom stereocenters. The molecule has 78 valence electrons. The third kappa shape index (κ3) is 1.69. The van der Waals surface area contributed by atoms with E-state index in [4.69, 9.17) is 5.11 Å². The molecule has 0 amide bonds. The Morgan fingerprint density at radius 2 is 1.00 bits per heavy atom. The van der Waals surface area contributed by atoms with Crippen LogP contribution in [0.15, 0.2) is 0 Å². The predicted molar refractivity (Wildman–Crippen MR) is 40.8 cm³/mol. The fraction of sp³-hybridized carbons (Fsp3) is 1.00. The lowest BCUT2D eigenvalue weighted by molar-refractivity contribution is -0.229. The highest BCUT2D eigenvalue weighted by Crippen LogP contribution is 2.23. The van der Waals surface area contributed by atoms with Crippen LogP contribution in [-0.4, -0.2) is 69.3 Å². The predicted octanol–water partition coefficient (Wildman–Crippen LogP) is -3.18. The standard InChI is InChI=1S/C7H14O6/c1-13-7-5(11)3(9)2(8)4(10)6(7)12/h2-12H,1H3/t2?,3-,4+,5+,6-,7?. The molecule has 0 radical (unpaired) electrons. The zero-order valence-electron chi connectivity index (χ0n) is 7.11. The van der Waals surface area contributed by atoms with Gasteiger partial charge in [-0.25, -0.2) is 0 Å². The van der Waals surface area contributed by atoms with E-state index >= 15 is 0 Å². The van der Waals surface area contributed by atoms with Crippen LogP contribution in [0.4, 0.5) is 0 Å². The SMILES string of the molecule is COC1[C@@H](O)[C@H](O)C(O)[C@H](O)[C@H]1O. The van der Waals surface area contributed by atoms with E-state index in [1.807, 2.05) is 0 Å². The van der Waals surface area contributed by atoms with Gasteiger partial charge >= 0.3 is 0 Å². The Bertz CT molecular complexity index is 158. The first-order chi connectivity index (χ1) is 6.00. The quantitative estimate of drug-likeness (QED) is 0.301. The summed E-state index contributed by atoms with van der Waals surface area (Å²) in [5.41, 5.74) is 0. The average molecular weight is 194 g/mol. The van der Waals surface area contributed by atoms with Crippen LogP contribution in [0.2, 0.25) is 0 Å². The minimum absolute atomic E-state index is 1.09. The lowest BCUT2D eigenvalue weighted by atomic mass is 9.85. The molecule has 13 heavy (non-hydrogen) atoms. The summed E-state index contributed by atoms with van der Waals surface area (Å²) in [6.07, 6.45) is -8.48. The number of aliphatic hydroxyl groups excluding tert-OH is 5. The van der Waals surface area contributed by atoms with E-state index in [2.05, 4.69) is 4.74 Å². The molecule has 1 fully saturated rings. The summed E-state index contributed by atoms with van der Waals surface area (Å²) < 4.78 is 4.67. The zero-order chi connectivity index (χ0) is 10.2. The molecule has 1 aliphatic rings. The molecule has 1 saturated carbocycles. The van der Waals surface area contributed by atoms with Gasteiger partial charge in [-0.1, -0.05) is 0 Å². The van der Waals surface area contributed by atoms with Crippen LogP contribution in [0.5, 0.6) is 0 Å². The molecule has 0 spiro atoms. The molecule has 6 heteroatoms. The Labute approximate surface area is 75.0 Å². The molecule has 1 rings (SSSR count). The van der Waals surface area contributed by atoms with Crippen molar-refractivity contribution in [2.45, 2.75) is 36.6 Å². The number of aliphatic hydroxyl groups is 5. The number of hydrogen-bond donors (Lipinski definition) is 5. The third-order valence-electron chi connectivity index (χ3n) is 2.35. The maximum Gasteiger partial charge on any atom is 0.114 e. The summed E-state index contributed by atoms with van der Waals surface area (Å²) in [6, 6.07) is 0. The van der Waals surface area contributed by atoms with E-state index in [9.17, 15) is 20.4 Å². The molecule has 0 aromatic heterocycles. The van der Waals surface area contributed by atoms with Gasteiger partial charge < -0.3 is 30.3 Å². The minimum atomic E-state index is -1.56. The fourth-order valence-corrected chi connectivity index (χ4v) is 1.48. The maximum absolute atomic E-state index is 9.29. The van der Waals surface area contributed by atoms with Crippen molar-refractivity contribution < 1.29 is 30.3 Å². The van der Waals surface area contributed by atoms with Crippen molar-refractivity contribution in [2.24, 2.45) is 0 Å². The van der Waals surface area contributed by atoms with Gasteiger partial charge in [0.15, 0.2) is 0 Å². The van der Waals surface area contributed by atoms with Gasteiger partial charge in [0.1, 0.15) is 36.6 Å². The maximum atomic E-state index is 9.29. The Kier molecular flexibility index (Phi) is 3.23. The topological polar surface area (TPSA) is 110 Å².